The Balaban J connectivity index is 1.82. The second-order valence-corrected chi connectivity index (χ2v) is 12.6. The van der Waals surface area contributed by atoms with Crippen LogP contribution in [0.1, 0.15) is 71.9 Å². The first kappa shape index (κ1) is 36.2. The molecule has 2 aliphatic rings. The third kappa shape index (κ3) is 10.6. The monoisotopic (exact) mass is 627 g/mol. The van der Waals surface area contributed by atoms with E-state index in [1.165, 1.54) is 6.08 Å². The number of aliphatic hydroxyl groups excluding tert-OH is 2. The molecule has 0 spiro atoms. The minimum absolute atomic E-state index is 0.114. The molecule has 45 heavy (non-hydrogen) atoms. The first-order valence-corrected chi connectivity index (χ1v) is 15.5. The van der Waals surface area contributed by atoms with Crippen LogP contribution in [0.4, 0.5) is 0 Å². The van der Waals surface area contributed by atoms with E-state index >= 15 is 0 Å². The van der Waals surface area contributed by atoms with Crippen molar-refractivity contribution in [2.45, 2.75) is 103 Å². The summed E-state index contributed by atoms with van der Waals surface area (Å²) in [6.45, 7) is 11.3. The van der Waals surface area contributed by atoms with Gasteiger partial charge in [-0.1, -0.05) is 50.3 Å². The van der Waals surface area contributed by atoms with Gasteiger partial charge in [-0.2, -0.15) is 0 Å². The Morgan fingerprint density at radius 3 is 2.62 bits per heavy atom. The second kappa shape index (κ2) is 16.3. The lowest BCUT2D eigenvalue weighted by Crippen LogP contribution is -2.41. The number of aromatic nitrogens is 1. The van der Waals surface area contributed by atoms with Crippen molar-refractivity contribution in [3.63, 3.8) is 0 Å². The summed E-state index contributed by atoms with van der Waals surface area (Å²) in [7, 11) is 1.60. The SMILES string of the molecule is CO[C@@H](/C(C)=C/C=C/C(C)=C/c1coc(C)n1)[C@@H](C)[C@@H]1C[C@H](O)[C@]2(C)O[C@@H]2/C=C/[C@@H](C)[C@H](O)C[C@H](CC(=O)O)C/C=C/C(=O)O1. The summed E-state index contributed by atoms with van der Waals surface area (Å²) in [6.07, 6.45) is 13.2. The van der Waals surface area contributed by atoms with Gasteiger partial charge < -0.3 is 33.9 Å². The molecule has 0 unspecified atom stereocenters. The number of nitrogens with zero attached hydrogens (tertiary/aromatic N) is 1. The summed E-state index contributed by atoms with van der Waals surface area (Å²) in [5.41, 5.74) is 1.74. The number of ether oxygens (including phenoxy) is 3. The van der Waals surface area contributed by atoms with E-state index < -0.39 is 42.0 Å². The average Bonchev–Trinajstić information content (AvgIpc) is 3.47. The number of aliphatic carboxylic acids is 1. The van der Waals surface area contributed by atoms with E-state index in [9.17, 15) is 24.9 Å². The number of fused-ring (bicyclic) bond motifs is 1. The van der Waals surface area contributed by atoms with Crippen molar-refractivity contribution >= 4 is 18.0 Å². The zero-order valence-electron chi connectivity index (χ0n) is 27.4. The quantitative estimate of drug-likeness (QED) is 0.141. The summed E-state index contributed by atoms with van der Waals surface area (Å²) in [6, 6.07) is 0. The Morgan fingerprint density at radius 1 is 1.24 bits per heavy atom. The fourth-order valence-electron chi connectivity index (χ4n) is 5.76. The lowest BCUT2D eigenvalue weighted by atomic mass is 9.85. The summed E-state index contributed by atoms with van der Waals surface area (Å²) < 4.78 is 22.9. The predicted molar refractivity (Wildman–Crippen MR) is 170 cm³/mol. The Morgan fingerprint density at radius 2 is 1.98 bits per heavy atom. The molecule has 1 fully saturated rings. The summed E-state index contributed by atoms with van der Waals surface area (Å²) in [5.74, 6) is -1.92. The van der Waals surface area contributed by atoms with Crippen LogP contribution in [-0.2, 0) is 23.8 Å². The van der Waals surface area contributed by atoms with E-state index in [-0.39, 0.29) is 43.1 Å². The average molecular weight is 628 g/mol. The first-order valence-electron chi connectivity index (χ1n) is 15.5. The molecule has 3 heterocycles. The van der Waals surface area contributed by atoms with Gasteiger partial charge in [-0.15, -0.1) is 0 Å². The number of oxazole rings is 1. The fraction of sp³-hybridized carbons (Fsp3) is 0.571. The second-order valence-electron chi connectivity index (χ2n) is 12.6. The number of rotatable bonds is 9. The fourth-order valence-corrected chi connectivity index (χ4v) is 5.76. The normalized spacial score (nSPS) is 33.2. The van der Waals surface area contributed by atoms with Gasteiger partial charge in [0, 0.05) is 44.8 Å². The maximum atomic E-state index is 13.0. The minimum Gasteiger partial charge on any atom is -0.481 e. The number of carbonyl (C=O) groups excluding carboxylic acids is 1. The van der Waals surface area contributed by atoms with Gasteiger partial charge in [-0.05, 0) is 56.8 Å². The molecule has 0 amide bonds. The van der Waals surface area contributed by atoms with Crippen molar-refractivity contribution in [1.29, 1.82) is 0 Å². The molecule has 0 aromatic carbocycles. The highest BCUT2D eigenvalue weighted by Crippen LogP contribution is 2.43. The Hall–Kier alpha value is -3.31. The highest BCUT2D eigenvalue weighted by molar-refractivity contribution is 5.82. The number of hydrogen-bond donors (Lipinski definition) is 3. The third-order valence-electron chi connectivity index (χ3n) is 8.73. The molecule has 0 aliphatic carbocycles. The van der Waals surface area contributed by atoms with Gasteiger partial charge in [0.2, 0.25) is 0 Å². The summed E-state index contributed by atoms with van der Waals surface area (Å²) in [5, 5.41) is 31.4. The highest BCUT2D eigenvalue weighted by Gasteiger charge is 2.56. The largest absolute Gasteiger partial charge is 0.481 e. The number of carboxylic acids is 1. The topological polar surface area (TPSA) is 152 Å². The molecule has 1 saturated heterocycles. The molecule has 3 N–H and O–H groups in total. The standard InChI is InChI=1S/C35H49NO9/c1-21(16-27-20-43-25(5)36-27)10-8-11-23(3)34(42-7)24(4)29-19-30(38)35(6)31(45-35)15-14-22(2)28(37)17-26(18-32(39)40)12-9-13-33(41)44-29/h8-11,13-16,20,22,24,26,28-31,34,37-38H,12,17-19H2,1-7H3,(H,39,40)/b10-8+,13-9+,15-14+,21-16+,23-11+/t22-,24+,26-,28-,29+,30+,31-,34+,35+/m1/s1. The van der Waals surface area contributed by atoms with Crippen LogP contribution in [0.2, 0.25) is 0 Å². The van der Waals surface area contributed by atoms with Crippen LogP contribution < -0.4 is 0 Å². The number of carbonyl (C=O) groups is 2. The number of hydrogen-bond acceptors (Lipinski definition) is 9. The molecular formula is C35H49NO9. The molecule has 3 rings (SSSR count). The van der Waals surface area contributed by atoms with Gasteiger partial charge in [0.25, 0.3) is 0 Å². The lowest BCUT2D eigenvalue weighted by molar-refractivity contribution is -0.150. The maximum absolute atomic E-state index is 13.0. The predicted octanol–water partition coefficient (Wildman–Crippen LogP) is 5.35. The number of aryl methyl sites for hydroxylation is 1. The van der Waals surface area contributed by atoms with Crippen molar-refractivity contribution in [3.8, 4) is 0 Å². The number of aliphatic hydroxyl groups is 2. The van der Waals surface area contributed by atoms with E-state index in [1.54, 1.807) is 26.4 Å². The molecular weight excluding hydrogens is 578 g/mol. The van der Waals surface area contributed by atoms with Crippen molar-refractivity contribution < 1.29 is 43.5 Å². The van der Waals surface area contributed by atoms with Gasteiger partial charge in [0.05, 0.1) is 18.3 Å². The molecule has 2 aliphatic heterocycles. The summed E-state index contributed by atoms with van der Waals surface area (Å²) in [4.78, 5) is 28.8. The van der Waals surface area contributed by atoms with E-state index in [4.69, 9.17) is 18.6 Å². The number of carboxylic acid groups (broad SMARTS) is 1. The Kier molecular flexibility index (Phi) is 13.1. The van der Waals surface area contributed by atoms with Crippen molar-refractivity contribution in [2.24, 2.45) is 17.8 Å². The zero-order chi connectivity index (χ0) is 33.3. The van der Waals surface area contributed by atoms with Crippen LogP contribution in [-0.4, -0.2) is 75.5 Å². The molecule has 0 radical (unpaired) electrons. The molecule has 0 saturated carbocycles. The molecule has 1 aromatic rings. The van der Waals surface area contributed by atoms with Crippen LogP contribution in [0.5, 0.6) is 0 Å². The van der Waals surface area contributed by atoms with Gasteiger partial charge in [0.1, 0.15) is 29.8 Å². The smallest absolute Gasteiger partial charge is 0.330 e. The highest BCUT2D eigenvalue weighted by atomic mass is 16.6. The molecule has 9 atom stereocenters. The van der Waals surface area contributed by atoms with Crippen LogP contribution >= 0.6 is 0 Å². The zero-order valence-corrected chi connectivity index (χ0v) is 27.4. The summed E-state index contributed by atoms with van der Waals surface area (Å²) >= 11 is 0. The number of methoxy groups -OCH3 is 1. The van der Waals surface area contributed by atoms with Gasteiger partial charge in [-0.25, -0.2) is 9.78 Å². The van der Waals surface area contributed by atoms with Crippen LogP contribution in [0.25, 0.3) is 6.08 Å². The van der Waals surface area contributed by atoms with Gasteiger partial charge in [0.15, 0.2) is 5.89 Å². The Labute approximate surface area is 266 Å². The number of esters is 1. The maximum Gasteiger partial charge on any atom is 0.330 e. The number of cyclic esters (lactones) is 1. The van der Waals surface area contributed by atoms with E-state index in [0.29, 0.717) is 12.3 Å². The van der Waals surface area contributed by atoms with Gasteiger partial charge in [-0.3, -0.25) is 4.79 Å². The first-order chi connectivity index (χ1) is 21.2. The molecule has 1 aromatic heterocycles. The van der Waals surface area contributed by atoms with E-state index in [2.05, 4.69) is 4.98 Å². The van der Waals surface area contributed by atoms with Crippen molar-refractivity contribution in [2.75, 3.05) is 7.11 Å². The third-order valence-corrected chi connectivity index (χ3v) is 8.73. The van der Waals surface area contributed by atoms with E-state index in [1.807, 2.05) is 71.1 Å². The Bertz CT molecular complexity index is 1310. The number of epoxide rings is 1. The van der Waals surface area contributed by atoms with Crippen LogP contribution in [0.15, 0.2) is 64.4 Å². The molecule has 248 valence electrons. The molecule has 10 heteroatoms. The minimum atomic E-state index is -0.967. The van der Waals surface area contributed by atoms with Crippen LogP contribution in [0, 0.1) is 24.7 Å². The molecule has 10 nitrogen and oxygen atoms in total. The van der Waals surface area contributed by atoms with Gasteiger partial charge >= 0.3 is 11.9 Å². The number of allylic oxidation sites excluding steroid dienone is 5. The molecule has 0 bridgehead atoms. The van der Waals surface area contributed by atoms with Crippen LogP contribution in [0.3, 0.4) is 0 Å². The van der Waals surface area contributed by atoms with E-state index in [0.717, 1.165) is 16.8 Å². The van der Waals surface area contributed by atoms with Crippen molar-refractivity contribution in [3.05, 3.63) is 71.5 Å². The van der Waals surface area contributed by atoms with Crippen molar-refractivity contribution in [1.82, 2.24) is 4.98 Å². The lowest BCUT2D eigenvalue weighted by Gasteiger charge is -2.32.